The molecule has 1 aliphatic heterocycles. The Balaban J connectivity index is 1.57. The van der Waals surface area contributed by atoms with Crippen LogP contribution in [0.2, 0.25) is 10.0 Å². The van der Waals surface area contributed by atoms with E-state index in [2.05, 4.69) is 10.6 Å². The Bertz CT molecular complexity index is 1620. The molecule has 4 atom stereocenters. The molecule has 0 unspecified atom stereocenters. The average Bonchev–Trinajstić information content (AvgIpc) is 3.79. The number of nitro groups is 1. The normalized spacial score (nSPS) is 21.5. The summed E-state index contributed by atoms with van der Waals surface area (Å²) < 4.78 is 20.5. The predicted octanol–water partition coefficient (Wildman–Crippen LogP) is 5.47. The Morgan fingerprint density at radius 2 is 1.91 bits per heavy atom. The molecule has 1 saturated carbocycles. The van der Waals surface area contributed by atoms with Gasteiger partial charge in [0.2, 0.25) is 5.91 Å². The summed E-state index contributed by atoms with van der Waals surface area (Å²) in [5, 5.41) is 29.3. The van der Waals surface area contributed by atoms with E-state index in [0.717, 1.165) is 24.5 Å². The number of aryl methyl sites for hydroxylation is 1. The van der Waals surface area contributed by atoms with Crippen LogP contribution in [0.15, 0.2) is 54.6 Å². The van der Waals surface area contributed by atoms with Crippen molar-refractivity contribution in [2.24, 2.45) is 5.92 Å². The number of carbonyl (C=O) groups excluding carboxylic acids is 2. The van der Waals surface area contributed by atoms with Crippen LogP contribution in [-0.4, -0.2) is 65.2 Å². The molecule has 5 rings (SSSR count). The average molecular weight is 660 g/mol. The summed E-state index contributed by atoms with van der Waals surface area (Å²) >= 11 is 12.5. The van der Waals surface area contributed by atoms with Crippen LogP contribution in [0, 0.1) is 28.8 Å². The molecule has 238 valence electrons. The summed E-state index contributed by atoms with van der Waals surface area (Å²) in [7, 11) is 1.18. The van der Waals surface area contributed by atoms with Gasteiger partial charge in [0.05, 0.1) is 35.3 Å². The standard InChI is InChI=1S/C32H33Cl2FN4O6/c1-17-6-11-21(33)13-24(17)37-31(41)30-27(22-4-3-5-23(34)28(22)35)29(26(16-40)38(30)15-18-7-8-18)36-14-20-10-9-19(32(42)45-2)12-25(20)39(43)44/h3-6,9-13,18,26-27,29-30,36,40H,7-8,14-16H2,1-2H3,(H,37,41)/t26-,27-,29+,30+/m0/s1. The summed E-state index contributed by atoms with van der Waals surface area (Å²) in [6.45, 7) is 1.88. The highest BCUT2D eigenvalue weighted by Crippen LogP contribution is 2.44. The molecule has 3 aromatic carbocycles. The topological polar surface area (TPSA) is 134 Å². The molecule has 1 amide bonds. The van der Waals surface area contributed by atoms with Gasteiger partial charge in [-0.15, -0.1) is 0 Å². The van der Waals surface area contributed by atoms with Crippen LogP contribution >= 0.6 is 23.2 Å². The van der Waals surface area contributed by atoms with E-state index in [9.17, 15) is 24.8 Å². The number of nitrogens with zero attached hydrogens (tertiary/aromatic N) is 2. The minimum Gasteiger partial charge on any atom is -0.465 e. The van der Waals surface area contributed by atoms with Gasteiger partial charge in [-0.05, 0) is 61.1 Å². The number of rotatable bonds is 11. The summed E-state index contributed by atoms with van der Waals surface area (Å²) in [5.74, 6) is -2.37. The van der Waals surface area contributed by atoms with Gasteiger partial charge in [-0.3, -0.25) is 19.8 Å². The van der Waals surface area contributed by atoms with Gasteiger partial charge < -0.3 is 20.5 Å². The first-order valence-electron chi connectivity index (χ1n) is 14.5. The summed E-state index contributed by atoms with van der Waals surface area (Å²) in [6, 6.07) is 11.4. The second kappa shape index (κ2) is 13.8. The number of likely N-dealkylation sites (tertiary alicyclic amines) is 1. The van der Waals surface area contributed by atoms with Crippen molar-refractivity contribution in [3.05, 3.63) is 103 Å². The van der Waals surface area contributed by atoms with Crippen molar-refractivity contribution in [2.75, 3.05) is 25.6 Å². The van der Waals surface area contributed by atoms with E-state index in [1.54, 1.807) is 30.3 Å². The van der Waals surface area contributed by atoms with Crippen LogP contribution in [0.1, 0.15) is 45.8 Å². The number of methoxy groups -OCH3 is 1. The Morgan fingerprint density at radius 3 is 2.58 bits per heavy atom. The van der Waals surface area contributed by atoms with E-state index in [-0.39, 0.29) is 40.6 Å². The fourth-order valence-corrected chi connectivity index (χ4v) is 6.48. The zero-order valence-electron chi connectivity index (χ0n) is 24.6. The van der Waals surface area contributed by atoms with Crippen LogP contribution in [0.5, 0.6) is 0 Å². The van der Waals surface area contributed by atoms with E-state index in [1.807, 2.05) is 11.8 Å². The number of anilines is 1. The first-order chi connectivity index (χ1) is 21.5. The van der Waals surface area contributed by atoms with Gasteiger partial charge in [-0.25, -0.2) is 9.18 Å². The molecule has 13 heteroatoms. The van der Waals surface area contributed by atoms with E-state index in [1.165, 1.54) is 25.3 Å². The number of nitrogens with one attached hydrogen (secondary N) is 2. The largest absolute Gasteiger partial charge is 0.465 e. The lowest BCUT2D eigenvalue weighted by atomic mass is 9.85. The number of carbonyl (C=O) groups is 2. The summed E-state index contributed by atoms with van der Waals surface area (Å²) in [6.07, 6.45) is 1.92. The summed E-state index contributed by atoms with van der Waals surface area (Å²) in [4.78, 5) is 39.5. The first-order valence-corrected chi connectivity index (χ1v) is 15.3. The smallest absolute Gasteiger partial charge is 0.338 e. The van der Waals surface area contributed by atoms with Gasteiger partial charge in [-0.1, -0.05) is 47.5 Å². The highest BCUT2D eigenvalue weighted by atomic mass is 35.5. The van der Waals surface area contributed by atoms with Crippen molar-refractivity contribution in [3.63, 3.8) is 0 Å². The molecule has 1 heterocycles. The van der Waals surface area contributed by atoms with Gasteiger partial charge in [-0.2, -0.15) is 0 Å². The molecule has 0 bridgehead atoms. The number of nitro benzene ring substituents is 1. The molecular formula is C32H33Cl2FN4O6. The molecule has 0 aromatic heterocycles. The van der Waals surface area contributed by atoms with Gasteiger partial charge in [0.1, 0.15) is 5.82 Å². The second-order valence-electron chi connectivity index (χ2n) is 11.5. The van der Waals surface area contributed by atoms with Crippen LogP contribution in [0.3, 0.4) is 0 Å². The van der Waals surface area contributed by atoms with Crippen molar-refractivity contribution in [3.8, 4) is 0 Å². The third-order valence-corrected chi connectivity index (χ3v) is 9.10. The monoisotopic (exact) mass is 658 g/mol. The fraction of sp³-hybridized carbons (Fsp3) is 0.375. The number of amides is 1. The van der Waals surface area contributed by atoms with Crippen LogP contribution in [-0.2, 0) is 16.1 Å². The molecule has 3 N–H and O–H groups in total. The molecule has 2 aliphatic rings. The van der Waals surface area contributed by atoms with Crippen LogP contribution in [0.25, 0.3) is 0 Å². The fourth-order valence-electron chi connectivity index (χ4n) is 6.13. The number of ether oxygens (including phenoxy) is 1. The number of aliphatic hydroxyl groups excluding tert-OH is 1. The lowest BCUT2D eigenvalue weighted by Crippen LogP contribution is -2.48. The number of aliphatic hydroxyl groups is 1. The number of benzene rings is 3. The molecule has 1 saturated heterocycles. The highest BCUT2D eigenvalue weighted by Gasteiger charge is 2.54. The van der Waals surface area contributed by atoms with Crippen molar-refractivity contribution in [2.45, 2.75) is 50.4 Å². The van der Waals surface area contributed by atoms with Crippen molar-refractivity contribution in [1.82, 2.24) is 10.2 Å². The Labute approximate surface area is 269 Å². The number of esters is 1. The number of halogens is 3. The maximum Gasteiger partial charge on any atom is 0.338 e. The minimum absolute atomic E-state index is 0.0181. The van der Waals surface area contributed by atoms with Crippen LogP contribution < -0.4 is 10.6 Å². The van der Waals surface area contributed by atoms with Crippen molar-refractivity contribution >= 4 is 46.5 Å². The van der Waals surface area contributed by atoms with Gasteiger partial charge >= 0.3 is 5.97 Å². The Kier molecular flexibility index (Phi) is 10.0. The summed E-state index contributed by atoms with van der Waals surface area (Å²) in [5.41, 5.74) is 1.42. The number of hydrogen-bond acceptors (Lipinski definition) is 8. The van der Waals surface area contributed by atoms with E-state index < -0.39 is 46.7 Å². The van der Waals surface area contributed by atoms with Crippen molar-refractivity contribution < 1.29 is 28.7 Å². The third-order valence-electron chi connectivity index (χ3n) is 8.58. The molecule has 45 heavy (non-hydrogen) atoms. The van der Waals surface area contributed by atoms with E-state index >= 15 is 4.39 Å². The SMILES string of the molecule is COC(=O)c1ccc(CN[C@H]2[C@H](c3cccc(Cl)c3F)[C@H](C(=O)Nc3cc(Cl)ccc3C)N(CC3CC3)[C@H]2CO)c([N+](=O)[O-])c1. The quantitative estimate of drug-likeness (QED) is 0.140. The van der Waals surface area contributed by atoms with Crippen LogP contribution in [0.4, 0.5) is 15.8 Å². The maximum absolute atomic E-state index is 15.8. The molecule has 2 fully saturated rings. The van der Waals surface area contributed by atoms with Gasteiger partial charge in [0.15, 0.2) is 0 Å². The lowest BCUT2D eigenvalue weighted by Gasteiger charge is -2.30. The predicted molar refractivity (Wildman–Crippen MR) is 168 cm³/mol. The minimum atomic E-state index is -0.941. The lowest BCUT2D eigenvalue weighted by molar-refractivity contribution is -0.385. The molecule has 3 aromatic rings. The Hall–Kier alpha value is -3.61. The van der Waals surface area contributed by atoms with Gasteiger partial charge in [0, 0.05) is 53.4 Å². The first kappa shape index (κ1) is 32.8. The van der Waals surface area contributed by atoms with E-state index in [0.29, 0.717) is 23.2 Å². The molecule has 10 nitrogen and oxygen atoms in total. The zero-order valence-corrected chi connectivity index (χ0v) is 26.1. The van der Waals surface area contributed by atoms with E-state index in [4.69, 9.17) is 27.9 Å². The maximum atomic E-state index is 15.8. The Morgan fingerprint density at radius 1 is 1.16 bits per heavy atom. The van der Waals surface area contributed by atoms with Gasteiger partial charge in [0.25, 0.3) is 5.69 Å². The molecule has 1 aliphatic carbocycles. The van der Waals surface area contributed by atoms with Crippen molar-refractivity contribution in [1.29, 1.82) is 0 Å². The highest BCUT2D eigenvalue weighted by molar-refractivity contribution is 6.31. The molecule has 0 radical (unpaired) electrons. The molecular weight excluding hydrogens is 626 g/mol. The number of hydrogen-bond donors (Lipinski definition) is 3. The third kappa shape index (κ3) is 6.97. The second-order valence-corrected chi connectivity index (χ2v) is 12.3. The molecule has 0 spiro atoms. The zero-order chi connectivity index (χ0) is 32.4.